The van der Waals surface area contributed by atoms with Crippen LogP contribution in [0.15, 0.2) is 4.52 Å². The normalized spacial score (nSPS) is 16.4. The summed E-state index contributed by atoms with van der Waals surface area (Å²) >= 11 is 0. The Kier molecular flexibility index (Phi) is 3.99. The van der Waals surface area contributed by atoms with Crippen molar-refractivity contribution >= 4 is 15.7 Å². The van der Waals surface area contributed by atoms with E-state index < -0.39 is 34.8 Å². The molecule has 0 aliphatic heterocycles. The molecule has 1 aliphatic carbocycles. The lowest BCUT2D eigenvalue weighted by Gasteiger charge is -2.09. The molecule has 1 saturated carbocycles. The Hall–Kier alpha value is -1.25. The van der Waals surface area contributed by atoms with Crippen LogP contribution in [0.5, 0.6) is 0 Å². The molecule has 0 amide bonds. The Morgan fingerprint density at radius 1 is 1.40 bits per heavy atom. The number of alkyl halides is 3. The van der Waals surface area contributed by atoms with Crippen LogP contribution in [0.3, 0.4) is 0 Å². The Morgan fingerprint density at radius 3 is 2.60 bits per heavy atom. The van der Waals surface area contributed by atoms with Crippen molar-refractivity contribution in [1.29, 1.82) is 0 Å². The molecule has 1 heterocycles. The Labute approximate surface area is 114 Å². The van der Waals surface area contributed by atoms with E-state index in [1.807, 2.05) is 0 Å². The van der Waals surface area contributed by atoms with Gasteiger partial charge in [0.25, 0.3) is 0 Å². The van der Waals surface area contributed by atoms with Gasteiger partial charge in [0, 0.05) is 12.3 Å². The maximum atomic E-state index is 12.0. The first kappa shape index (κ1) is 15.1. The lowest BCUT2D eigenvalue weighted by molar-refractivity contribution is -0.134. The average Bonchev–Trinajstić information content (AvgIpc) is 3.04. The summed E-state index contributed by atoms with van der Waals surface area (Å²) in [5.41, 5.74) is 0.672. The number of aromatic nitrogens is 1. The van der Waals surface area contributed by atoms with Gasteiger partial charge in [0.05, 0.1) is 5.75 Å². The van der Waals surface area contributed by atoms with Gasteiger partial charge in [-0.1, -0.05) is 5.16 Å². The highest BCUT2D eigenvalue weighted by molar-refractivity contribution is 7.92. The van der Waals surface area contributed by atoms with Crippen LogP contribution in [0.25, 0.3) is 0 Å². The maximum absolute atomic E-state index is 12.0. The summed E-state index contributed by atoms with van der Waals surface area (Å²) < 4.78 is 67.0. The molecule has 5 nitrogen and oxygen atoms in total. The SMILES string of the molecule is Cc1noc(C2CC2)c1NS(=O)(=O)CCCC(F)(F)F. The smallest absolute Gasteiger partial charge is 0.359 e. The highest BCUT2D eigenvalue weighted by Crippen LogP contribution is 2.44. The van der Waals surface area contributed by atoms with Crippen molar-refractivity contribution in [3.05, 3.63) is 11.5 Å². The van der Waals surface area contributed by atoms with Crippen LogP contribution in [0, 0.1) is 6.92 Å². The van der Waals surface area contributed by atoms with Crippen molar-refractivity contribution in [2.24, 2.45) is 0 Å². The molecule has 1 aliphatic rings. The Morgan fingerprint density at radius 2 is 2.05 bits per heavy atom. The first-order valence-electron chi connectivity index (χ1n) is 6.21. The van der Waals surface area contributed by atoms with Crippen LogP contribution in [-0.2, 0) is 10.0 Å². The van der Waals surface area contributed by atoms with Gasteiger partial charge in [0.1, 0.15) is 11.4 Å². The fourth-order valence-electron chi connectivity index (χ4n) is 1.80. The first-order chi connectivity index (χ1) is 9.18. The predicted octanol–water partition coefficient (Wildman–Crippen LogP) is 2.94. The van der Waals surface area contributed by atoms with E-state index in [0.29, 0.717) is 11.5 Å². The van der Waals surface area contributed by atoms with Crippen LogP contribution in [-0.4, -0.2) is 25.5 Å². The largest absolute Gasteiger partial charge is 0.389 e. The van der Waals surface area contributed by atoms with E-state index in [2.05, 4.69) is 9.88 Å². The zero-order chi connectivity index (χ0) is 15.0. The summed E-state index contributed by atoms with van der Waals surface area (Å²) in [5.74, 6) is 0.0484. The third-order valence-electron chi connectivity index (χ3n) is 2.97. The molecule has 0 saturated heterocycles. The monoisotopic (exact) mass is 312 g/mol. The van der Waals surface area contributed by atoms with E-state index in [4.69, 9.17) is 4.52 Å². The van der Waals surface area contributed by atoms with Crippen molar-refractivity contribution < 1.29 is 26.1 Å². The van der Waals surface area contributed by atoms with Crippen LogP contribution < -0.4 is 4.72 Å². The van der Waals surface area contributed by atoms with E-state index in [1.165, 1.54) is 0 Å². The molecule has 20 heavy (non-hydrogen) atoms. The van der Waals surface area contributed by atoms with Crippen LogP contribution >= 0.6 is 0 Å². The Bertz CT molecular complexity index is 576. The fourth-order valence-corrected chi connectivity index (χ4v) is 2.99. The third kappa shape index (κ3) is 4.12. The van der Waals surface area contributed by atoms with Gasteiger partial charge in [-0.15, -0.1) is 0 Å². The second-order valence-corrected chi connectivity index (χ2v) is 6.76. The molecular formula is C11H15F3N2O3S. The highest BCUT2D eigenvalue weighted by Gasteiger charge is 2.33. The number of hydrogen-bond donors (Lipinski definition) is 1. The summed E-state index contributed by atoms with van der Waals surface area (Å²) in [6.45, 7) is 1.59. The summed E-state index contributed by atoms with van der Waals surface area (Å²) in [6.07, 6.45) is -4.13. The summed E-state index contributed by atoms with van der Waals surface area (Å²) in [4.78, 5) is 0. The van der Waals surface area contributed by atoms with Crippen LogP contribution in [0.4, 0.5) is 18.9 Å². The molecule has 1 fully saturated rings. The van der Waals surface area contributed by atoms with Crippen molar-refractivity contribution in [1.82, 2.24) is 5.16 Å². The van der Waals surface area contributed by atoms with E-state index in [0.717, 1.165) is 12.8 Å². The number of sulfonamides is 1. The number of rotatable bonds is 6. The van der Waals surface area contributed by atoms with Gasteiger partial charge in [-0.3, -0.25) is 4.72 Å². The number of nitrogens with zero attached hydrogens (tertiary/aromatic N) is 1. The molecule has 114 valence electrons. The lowest BCUT2D eigenvalue weighted by Crippen LogP contribution is -2.19. The quantitative estimate of drug-likeness (QED) is 0.876. The van der Waals surface area contributed by atoms with Gasteiger partial charge in [0.15, 0.2) is 5.76 Å². The Balaban J connectivity index is 1.99. The standard InChI is InChI=1S/C11H15F3N2O3S/c1-7-9(10(19-15-7)8-3-4-8)16-20(17,18)6-2-5-11(12,13)14/h8,16H,2-6H2,1H3. The minimum Gasteiger partial charge on any atom is -0.359 e. The molecule has 2 rings (SSSR count). The van der Waals surface area contributed by atoms with E-state index in [1.54, 1.807) is 6.92 Å². The molecule has 0 unspecified atom stereocenters. The summed E-state index contributed by atoms with van der Waals surface area (Å²) in [6, 6.07) is 0. The van der Waals surface area contributed by atoms with Crippen molar-refractivity contribution in [3.8, 4) is 0 Å². The van der Waals surface area contributed by atoms with Crippen molar-refractivity contribution in [2.45, 2.75) is 44.7 Å². The van der Waals surface area contributed by atoms with Gasteiger partial charge in [0.2, 0.25) is 10.0 Å². The number of anilines is 1. The van der Waals surface area contributed by atoms with E-state index in [-0.39, 0.29) is 11.6 Å². The van der Waals surface area contributed by atoms with Crippen molar-refractivity contribution in [2.75, 3.05) is 10.5 Å². The van der Waals surface area contributed by atoms with Crippen molar-refractivity contribution in [3.63, 3.8) is 0 Å². The van der Waals surface area contributed by atoms with Gasteiger partial charge < -0.3 is 4.52 Å². The number of aryl methyl sites for hydroxylation is 1. The average molecular weight is 312 g/mol. The number of nitrogens with one attached hydrogen (secondary N) is 1. The minimum atomic E-state index is -4.35. The molecule has 0 spiro atoms. The zero-order valence-electron chi connectivity index (χ0n) is 10.8. The zero-order valence-corrected chi connectivity index (χ0v) is 11.6. The molecule has 1 N–H and O–H groups in total. The van der Waals surface area contributed by atoms with Crippen LogP contribution in [0.2, 0.25) is 0 Å². The first-order valence-corrected chi connectivity index (χ1v) is 7.86. The van der Waals surface area contributed by atoms with E-state index >= 15 is 0 Å². The van der Waals surface area contributed by atoms with E-state index in [9.17, 15) is 21.6 Å². The minimum absolute atomic E-state index is 0.157. The fraction of sp³-hybridized carbons (Fsp3) is 0.727. The third-order valence-corrected chi connectivity index (χ3v) is 4.31. The second-order valence-electron chi connectivity index (χ2n) is 4.92. The summed E-state index contributed by atoms with van der Waals surface area (Å²) in [7, 11) is -3.83. The van der Waals surface area contributed by atoms with Gasteiger partial charge in [-0.25, -0.2) is 8.42 Å². The lowest BCUT2D eigenvalue weighted by atomic mass is 10.2. The molecule has 0 radical (unpaired) electrons. The summed E-state index contributed by atoms with van der Waals surface area (Å²) in [5, 5.41) is 3.70. The number of hydrogen-bond acceptors (Lipinski definition) is 4. The molecule has 1 aromatic rings. The second kappa shape index (κ2) is 5.27. The molecule has 0 aromatic carbocycles. The molecule has 9 heteroatoms. The molecule has 0 atom stereocenters. The predicted molar refractivity (Wildman–Crippen MR) is 65.9 cm³/mol. The maximum Gasteiger partial charge on any atom is 0.389 e. The van der Waals surface area contributed by atoms with Gasteiger partial charge in [-0.2, -0.15) is 13.2 Å². The number of halogens is 3. The topological polar surface area (TPSA) is 72.2 Å². The van der Waals surface area contributed by atoms with Gasteiger partial charge >= 0.3 is 6.18 Å². The molecular weight excluding hydrogens is 297 g/mol. The highest BCUT2D eigenvalue weighted by atomic mass is 32.2. The van der Waals surface area contributed by atoms with Crippen LogP contribution in [0.1, 0.15) is 43.1 Å². The molecule has 0 bridgehead atoms. The molecule has 1 aromatic heterocycles. The van der Waals surface area contributed by atoms with Gasteiger partial charge in [-0.05, 0) is 26.2 Å².